The minimum absolute atomic E-state index is 0.0453. The summed E-state index contributed by atoms with van der Waals surface area (Å²) in [4.78, 5) is 25.3. The monoisotopic (exact) mass is 436 g/mol. The predicted molar refractivity (Wildman–Crippen MR) is 122 cm³/mol. The quantitative estimate of drug-likeness (QED) is 0.593. The summed E-state index contributed by atoms with van der Waals surface area (Å²) in [5.41, 5.74) is 2.58. The first-order valence-corrected chi connectivity index (χ1v) is 11.2. The Morgan fingerprint density at radius 3 is 2.68 bits per heavy atom. The lowest BCUT2D eigenvalue weighted by molar-refractivity contribution is -0.120. The van der Waals surface area contributed by atoms with Gasteiger partial charge in [0.25, 0.3) is 0 Å². The van der Waals surface area contributed by atoms with E-state index in [1.165, 1.54) is 17.7 Å². The molecule has 2 heterocycles. The van der Waals surface area contributed by atoms with Crippen LogP contribution in [-0.2, 0) is 4.79 Å². The normalized spacial score (nSPS) is 16.2. The van der Waals surface area contributed by atoms with Gasteiger partial charge in [-0.3, -0.25) is 4.79 Å². The van der Waals surface area contributed by atoms with Crippen LogP contribution in [0.5, 0.6) is 0 Å². The molecule has 0 unspecified atom stereocenters. The van der Waals surface area contributed by atoms with Crippen LogP contribution in [0.1, 0.15) is 24.0 Å². The SMILES string of the molecule is Cc1ccc(Sc2nccnc2N2CCC[C@@H](C(=O)Nc3ccc(F)cc3C)C2)cc1. The van der Waals surface area contributed by atoms with Gasteiger partial charge >= 0.3 is 0 Å². The summed E-state index contributed by atoms with van der Waals surface area (Å²) in [5.74, 6) is 0.289. The first kappa shape index (κ1) is 21.3. The fourth-order valence-electron chi connectivity index (χ4n) is 3.71. The molecular weight excluding hydrogens is 411 g/mol. The number of nitrogens with zero attached hydrogens (tertiary/aromatic N) is 3. The zero-order valence-corrected chi connectivity index (χ0v) is 18.5. The highest BCUT2D eigenvalue weighted by Gasteiger charge is 2.28. The largest absolute Gasteiger partial charge is 0.354 e. The Morgan fingerprint density at radius 1 is 1.13 bits per heavy atom. The first-order valence-electron chi connectivity index (χ1n) is 10.4. The molecule has 2 aromatic carbocycles. The van der Waals surface area contributed by atoms with Crippen molar-refractivity contribution in [1.82, 2.24) is 9.97 Å². The number of benzene rings is 2. The molecule has 0 bridgehead atoms. The van der Waals surface area contributed by atoms with Crippen molar-refractivity contribution < 1.29 is 9.18 Å². The highest BCUT2D eigenvalue weighted by molar-refractivity contribution is 7.99. The van der Waals surface area contributed by atoms with Gasteiger partial charge in [-0.2, -0.15) is 0 Å². The minimum Gasteiger partial charge on any atom is -0.354 e. The third kappa shape index (κ3) is 5.22. The van der Waals surface area contributed by atoms with Crippen LogP contribution in [0.2, 0.25) is 0 Å². The summed E-state index contributed by atoms with van der Waals surface area (Å²) in [6, 6.07) is 12.7. The Hall–Kier alpha value is -2.93. The first-order chi connectivity index (χ1) is 15.0. The predicted octanol–water partition coefficient (Wildman–Crippen LogP) is 5.24. The van der Waals surface area contributed by atoms with E-state index in [-0.39, 0.29) is 17.6 Å². The van der Waals surface area contributed by atoms with E-state index < -0.39 is 0 Å². The van der Waals surface area contributed by atoms with Gasteiger partial charge < -0.3 is 10.2 Å². The van der Waals surface area contributed by atoms with Crippen molar-refractivity contribution in [3.63, 3.8) is 0 Å². The van der Waals surface area contributed by atoms with E-state index in [0.717, 1.165) is 35.1 Å². The fraction of sp³-hybridized carbons (Fsp3) is 0.292. The van der Waals surface area contributed by atoms with Crippen molar-refractivity contribution in [2.24, 2.45) is 5.92 Å². The number of anilines is 2. The van der Waals surface area contributed by atoms with Crippen molar-refractivity contribution in [3.8, 4) is 0 Å². The van der Waals surface area contributed by atoms with Crippen LogP contribution < -0.4 is 10.2 Å². The van der Waals surface area contributed by atoms with Crippen LogP contribution in [0.25, 0.3) is 0 Å². The third-order valence-electron chi connectivity index (χ3n) is 5.42. The molecular formula is C24H25FN4OS. The average molecular weight is 437 g/mol. The van der Waals surface area contributed by atoms with Crippen molar-refractivity contribution in [2.75, 3.05) is 23.3 Å². The second kappa shape index (κ2) is 9.47. The van der Waals surface area contributed by atoms with E-state index in [9.17, 15) is 9.18 Å². The van der Waals surface area contributed by atoms with Gasteiger partial charge in [0.05, 0.1) is 5.92 Å². The number of amides is 1. The van der Waals surface area contributed by atoms with E-state index in [1.807, 2.05) is 0 Å². The summed E-state index contributed by atoms with van der Waals surface area (Å²) in [5, 5.41) is 3.80. The summed E-state index contributed by atoms with van der Waals surface area (Å²) in [6.07, 6.45) is 5.10. The molecule has 31 heavy (non-hydrogen) atoms. The number of rotatable bonds is 5. The number of carbonyl (C=O) groups excluding carboxylic acids is 1. The summed E-state index contributed by atoms with van der Waals surface area (Å²) in [6.45, 7) is 5.26. The van der Waals surface area contributed by atoms with Crippen molar-refractivity contribution in [1.29, 1.82) is 0 Å². The molecule has 0 radical (unpaired) electrons. The molecule has 5 nitrogen and oxygen atoms in total. The number of hydrogen-bond acceptors (Lipinski definition) is 5. The Labute approximate surface area is 186 Å². The molecule has 160 valence electrons. The number of piperidine rings is 1. The van der Waals surface area contributed by atoms with Crippen molar-refractivity contribution in [3.05, 3.63) is 71.8 Å². The van der Waals surface area contributed by atoms with E-state index in [2.05, 4.69) is 51.4 Å². The summed E-state index contributed by atoms with van der Waals surface area (Å²) >= 11 is 1.58. The van der Waals surface area contributed by atoms with E-state index in [4.69, 9.17) is 0 Å². The maximum atomic E-state index is 13.4. The van der Waals surface area contributed by atoms with Gasteiger partial charge in [-0.1, -0.05) is 29.5 Å². The van der Waals surface area contributed by atoms with Gasteiger partial charge in [0.15, 0.2) is 5.82 Å². The Balaban J connectivity index is 1.48. The molecule has 1 amide bonds. The molecule has 0 aliphatic carbocycles. The van der Waals surface area contributed by atoms with Crippen LogP contribution >= 0.6 is 11.8 Å². The van der Waals surface area contributed by atoms with Gasteiger partial charge in [-0.25, -0.2) is 14.4 Å². The van der Waals surface area contributed by atoms with Crippen LogP contribution in [0.4, 0.5) is 15.9 Å². The fourth-order valence-corrected chi connectivity index (χ4v) is 4.59. The van der Waals surface area contributed by atoms with Gasteiger partial charge in [-0.15, -0.1) is 0 Å². The lowest BCUT2D eigenvalue weighted by atomic mass is 9.97. The Bertz CT molecular complexity index is 1070. The average Bonchev–Trinajstić information content (AvgIpc) is 2.78. The van der Waals surface area contributed by atoms with Crippen LogP contribution in [0.15, 0.2) is 64.8 Å². The highest BCUT2D eigenvalue weighted by atomic mass is 32.2. The molecule has 0 saturated carbocycles. The molecule has 1 N–H and O–H groups in total. The highest BCUT2D eigenvalue weighted by Crippen LogP contribution is 2.34. The van der Waals surface area contributed by atoms with Crippen LogP contribution in [0.3, 0.4) is 0 Å². The zero-order chi connectivity index (χ0) is 21.8. The Morgan fingerprint density at radius 2 is 1.90 bits per heavy atom. The zero-order valence-electron chi connectivity index (χ0n) is 17.6. The summed E-state index contributed by atoms with van der Waals surface area (Å²) in [7, 11) is 0. The summed E-state index contributed by atoms with van der Waals surface area (Å²) < 4.78 is 13.4. The van der Waals surface area contributed by atoms with Gasteiger partial charge in [-0.05, 0) is 62.6 Å². The van der Waals surface area contributed by atoms with Crippen LogP contribution in [0, 0.1) is 25.6 Å². The third-order valence-corrected chi connectivity index (χ3v) is 6.41. The second-order valence-corrected chi connectivity index (χ2v) is 8.90. The van der Waals surface area contributed by atoms with Crippen molar-refractivity contribution >= 4 is 29.2 Å². The number of aromatic nitrogens is 2. The molecule has 1 atom stereocenters. The van der Waals surface area contributed by atoms with Crippen LogP contribution in [-0.4, -0.2) is 29.0 Å². The molecule has 1 saturated heterocycles. The molecule has 1 aromatic heterocycles. The van der Waals surface area contributed by atoms with E-state index in [1.54, 1.807) is 37.1 Å². The van der Waals surface area contributed by atoms with Gasteiger partial charge in [0.1, 0.15) is 10.8 Å². The number of halogens is 1. The molecule has 0 spiro atoms. The van der Waals surface area contributed by atoms with E-state index in [0.29, 0.717) is 17.8 Å². The van der Waals surface area contributed by atoms with E-state index >= 15 is 0 Å². The van der Waals surface area contributed by atoms with Gasteiger partial charge in [0.2, 0.25) is 5.91 Å². The maximum absolute atomic E-state index is 13.4. The number of aryl methyl sites for hydroxylation is 2. The topological polar surface area (TPSA) is 58.1 Å². The smallest absolute Gasteiger partial charge is 0.229 e. The standard InChI is InChI=1S/C24H25FN4OS/c1-16-5-8-20(9-6-16)31-24-22(26-11-12-27-24)29-13-3-4-18(15-29)23(30)28-21-10-7-19(25)14-17(21)2/h5-12,14,18H,3-4,13,15H2,1-2H3,(H,28,30)/t18-/m1/s1. The second-order valence-electron chi connectivity index (χ2n) is 7.83. The molecule has 1 fully saturated rings. The van der Waals surface area contributed by atoms with Crippen molar-refractivity contribution in [2.45, 2.75) is 36.6 Å². The lowest BCUT2D eigenvalue weighted by Crippen LogP contribution is -2.41. The number of carbonyl (C=O) groups is 1. The number of nitrogens with one attached hydrogen (secondary N) is 1. The number of hydrogen-bond donors (Lipinski definition) is 1. The molecule has 1 aliphatic heterocycles. The maximum Gasteiger partial charge on any atom is 0.229 e. The molecule has 3 aromatic rings. The lowest BCUT2D eigenvalue weighted by Gasteiger charge is -2.33. The molecule has 7 heteroatoms. The molecule has 1 aliphatic rings. The minimum atomic E-state index is -0.305. The Kier molecular flexibility index (Phi) is 6.51. The van der Waals surface area contributed by atoms with Gasteiger partial charge in [0, 0.05) is 36.1 Å². The molecule has 4 rings (SSSR count).